The van der Waals surface area contributed by atoms with Crippen LogP contribution in [-0.4, -0.2) is 21.1 Å². The number of benzene rings is 2. The van der Waals surface area contributed by atoms with E-state index in [1.807, 2.05) is 60.7 Å². The summed E-state index contributed by atoms with van der Waals surface area (Å²) in [6.07, 6.45) is 3.80. The van der Waals surface area contributed by atoms with E-state index in [-0.39, 0.29) is 5.91 Å². The molecule has 4 rings (SSSR count). The third kappa shape index (κ3) is 3.47. The number of carbonyl (C=O) groups is 1. The third-order valence-corrected chi connectivity index (χ3v) is 4.32. The molecule has 0 atom stereocenters. The minimum Gasteiger partial charge on any atom is -0.352 e. The van der Waals surface area contributed by atoms with E-state index >= 15 is 0 Å². The van der Waals surface area contributed by atoms with Crippen LogP contribution in [0.2, 0.25) is 0 Å². The Morgan fingerprint density at radius 1 is 0.962 bits per heavy atom. The maximum atomic E-state index is 12.3. The highest BCUT2D eigenvalue weighted by Crippen LogP contribution is 2.17. The molecule has 0 bridgehead atoms. The number of nitrogens with zero attached hydrogens (tertiary/aromatic N) is 2. The molecule has 5 heteroatoms. The SMILES string of the molecule is O=C(Cc1cccc2cccnc12)NCc1ccc(-c2ccn[nH]2)cc1. The molecule has 0 saturated carbocycles. The number of aromatic nitrogens is 3. The zero-order valence-corrected chi connectivity index (χ0v) is 14.1. The summed E-state index contributed by atoms with van der Waals surface area (Å²) in [5, 5.41) is 10.9. The first kappa shape index (κ1) is 16.0. The van der Waals surface area contributed by atoms with Gasteiger partial charge in [-0.1, -0.05) is 48.5 Å². The molecule has 4 aromatic rings. The number of rotatable bonds is 5. The molecule has 2 aromatic carbocycles. The van der Waals surface area contributed by atoms with Crippen LogP contribution in [0.15, 0.2) is 73.1 Å². The van der Waals surface area contributed by atoms with Crippen LogP contribution in [0.1, 0.15) is 11.1 Å². The van der Waals surface area contributed by atoms with Gasteiger partial charge in [-0.3, -0.25) is 14.9 Å². The lowest BCUT2D eigenvalue weighted by atomic mass is 10.1. The lowest BCUT2D eigenvalue weighted by Gasteiger charge is -2.08. The smallest absolute Gasteiger partial charge is 0.224 e. The Morgan fingerprint density at radius 3 is 2.62 bits per heavy atom. The molecule has 2 aromatic heterocycles. The van der Waals surface area contributed by atoms with Gasteiger partial charge in [-0.05, 0) is 28.8 Å². The molecule has 0 spiro atoms. The van der Waals surface area contributed by atoms with Crippen LogP contribution < -0.4 is 5.32 Å². The summed E-state index contributed by atoms with van der Waals surface area (Å²) >= 11 is 0. The standard InChI is InChI=1S/C21H18N4O/c26-20(13-18-4-1-3-17-5-2-11-22-21(17)18)23-14-15-6-8-16(9-7-15)19-10-12-24-25-19/h1-12H,13-14H2,(H,23,26)(H,24,25). The maximum absolute atomic E-state index is 12.3. The Balaban J connectivity index is 1.39. The van der Waals surface area contributed by atoms with Gasteiger partial charge in [-0.2, -0.15) is 5.10 Å². The normalized spacial score (nSPS) is 10.8. The largest absolute Gasteiger partial charge is 0.352 e. The first-order valence-electron chi connectivity index (χ1n) is 8.47. The van der Waals surface area contributed by atoms with Crippen molar-refractivity contribution >= 4 is 16.8 Å². The molecule has 0 fully saturated rings. The van der Waals surface area contributed by atoms with Crippen molar-refractivity contribution in [2.24, 2.45) is 0 Å². The fourth-order valence-electron chi connectivity index (χ4n) is 2.96. The van der Waals surface area contributed by atoms with Crippen molar-refractivity contribution in [3.05, 3.63) is 84.2 Å². The molecule has 2 N–H and O–H groups in total. The number of hydrogen-bond donors (Lipinski definition) is 2. The molecule has 0 unspecified atom stereocenters. The summed E-state index contributed by atoms with van der Waals surface area (Å²) in [5.74, 6) is -0.0132. The summed E-state index contributed by atoms with van der Waals surface area (Å²) in [5.41, 5.74) is 4.92. The number of carbonyl (C=O) groups excluding carboxylic acids is 1. The molecule has 128 valence electrons. The van der Waals surface area contributed by atoms with Gasteiger partial charge in [-0.25, -0.2) is 0 Å². The van der Waals surface area contributed by atoms with E-state index < -0.39 is 0 Å². The summed E-state index contributed by atoms with van der Waals surface area (Å²) < 4.78 is 0. The lowest BCUT2D eigenvalue weighted by molar-refractivity contribution is -0.120. The zero-order chi connectivity index (χ0) is 17.8. The number of amides is 1. The van der Waals surface area contributed by atoms with Crippen LogP contribution in [0.3, 0.4) is 0 Å². The van der Waals surface area contributed by atoms with Crippen molar-refractivity contribution in [3.63, 3.8) is 0 Å². The van der Waals surface area contributed by atoms with E-state index in [0.717, 1.165) is 33.3 Å². The predicted molar refractivity (Wildman–Crippen MR) is 101 cm³/mol. The lowest BCUT2D eigenvalue weighted by Crippen LogP contribution is -2.24. The van der Waals surface area contributed by atoms with Crippen LogP contribution in [0, 0.1) is 0 Å². The van der Waals surface area contributed by atoms with E-state index in [0.29, 0.717) is 13.0 Å². The first-order valence-corrected chi connectivity index (χ1v) is 8.47. The molecule has 0 aliphatic rings. The van der Waals surface area contributed by atoms with Gasteiger partial charge in [0, 0.05) is 24.3 Å². The van der Waals surface area contributed by atoms with Gasteiger partial charge in [0.1, 0.15) is 0 Å². The molecule has 0 aliphatic heterocycles. The van der Waals surface area contributed by atoms with Crippen molar-refractivity contribution < 1.29 is 4.79 Å². The van der Waals surface area contributed by atoms with E-state index in [4.69, 9.17) is 0 Å². The quantitative estimate of drug-likeness (QED) is 0.583. The minimum absolute atomic E-state index is 0.0132. The van der Waals surface area contributed by atoms with Gasteiger partial charge in [0.05, 0.1) is 17.6 Å². The van der Waals surface area contributed by atoms with Gasteiger partial charge in [0.15, 0.2) is 0 Å². The summed E-state index contributed by atoms with van der Waals surface area (Å²) in [7, 11) is 0. The molecular formula is C21H18N4O. The molecule has 5 nitrogen and oxygen atoms in total. The number of H-pyrrole nitrogens is 1. The molecule has 2 heterocycles. The topological polar surface area (TPSA) is 70.7 Å². The Labute approximate surface area is 151 Å². The molecule has 0 aliphatic carbocycles. The molecular weight excluding hydrogens is 324 g/mol. The van der Waals surface area contributed by atoms with Crippen LogP contribution in [0.4, 0.5) is 0 Å². The molecule has 1 amide bonds. The number of nitrogens with one attached hydrogen (secondary N) is 2. The van der Waals surface area contributed by atoms with Gasteiger partial charge in [0.2, 0.25) is 5.91 Å². The fourth-order valence-corrected chi connectivity index (χ4v) is 2.96. The second kappa shape index (κ2) is 7.19. The monoisotopic (exact) mass is 342 g/mol. The third-order valence-electron chi connectivity index (χ3n) is 4.32. The van der Waals surface area contributed by atoms with E-state index in [9.17, 15) is 4.79 Å². The van der Waals surface area contributed by atoms with Crippen LogP contribution >= 0.6 is 0 Å². The minimum atomic E-state index is -0.0132. The second-order valence-electron chi connectivity index (χ2n) is 6.11. The fraction of sp³-hybridized carbons (Fsp3) is 0.0952. The van der Waals surface area contributed by atoms with Crippen molar-refractivity contribution in [1.29, 1.82) is 0 Å². The van der Waals surface area contributed by atoms with Gasteiger partial charge >= 0.3 is 0 Å². The number of fused-ring (bicyclic) bond motifs is 1. The Morgan fingerprint density at radius 2 is 1.81 bits per heavy atom. The predicted octanol–water partition coefficient (Wildman–Crippen LogP) is 3.48. The van der Waals surface area contributed by atoms with E-state index in [2.05, 4.69) is 20.5 Å². The van der Waals surface area contributed by atoms with Crippen LogP contribution in [-0.2, 0) is 17.8 Å². The van der Waals surface area contributed by atoms with Crippen LogP contribution in [0.5, 0.6) is 0 Å². The summed E-state index contributed by atoms with van der Waals surface area (Å²) in [6.45, 7) is 0.500. The Hall–Kier alpha value is -3.47. The maximum Gasteiger partial charge on any atom is 0.224 e. The highest BCUT2D eigenvalue weighted by atomic mass is 16.1. The van der Waals surface area contributed by atoms with Crippen molar-refractivity contribution in [2.75, 3.05) is 0 Å². The zero-order valence-electron chi connectivity index (χ0n) is 14.1. The average Bonchev–Trinajstić information content (AvgIpc) is 3.22. The van der Waals surface area contributed by atoms with Gasteiger partial charge in [0.25, 0.3) is 0 Å². The van der Waals surface area contributed by atoms with Crippen LogP contribution in [0.25, 0.3) is 22.2 Å². The number of hydrogen-bond acceptors (Lipinski definition) is 3. The van der Waals surface area contributed by atoms with Gasteiger partial charge in [-0.15, -0.1) is 0 Å². The van der Waals surface area contributed by atoms with E-state index in [1.165, 1.54) is 0 Å². The molecule has 0 radical (unpaired) electrons. The Kier molecular flexibility index (Phi) is 4.43. The number of para-hydroxylation sites is 1. The Bertz CT molecular complexity index is 1020. The van der Waals surface area contributed by atoms with Crippen molar-refractivity contribution in [1.82, 2.24) is 20.5 Å². The van der Waals surface area contributed by atoms with Gasteiger partial charge < -0.3 is 5.32 Å². The average molecular weight is 342 g/mol. The number of pyridine rings is 1. The number of aromatic amines is 1. The summed E-state index contributed by atoms with van der Waals surface area (Å²) in [6, 6.07) is 19.8. The first-order chi connectivity index (χ1) is 12.8. The summed E-state index contributed by atoms with van der Waals surface area (Å²) in [4.78, 5) is 16.7. The second-order valence-corrected chi connectivity index (χ2v) is 6.11. The van der Waals surface area contributed by atoms with Crippen molar-refractivity contribution in [2.45, 2.75) is 13.0 Å². The van der Waals surface area contributed by atoms with E-state index in [1.54, 1.807) is 12.4 Å². The molecule has 0 saturated heterocycles. The van der Waals surface area contributed by atoms with Crippen molar-refractivity contribution in [3.8, 4) is 11.3 Å². The highest BCUT2D eigenvalue weighted by molar-refractivity contribution is 5.87. The molecule has 26 heavy (non-hydrogen) atoms. The highest BCUT2D eigenvalue weighted by Gasteiger charge is 2.08.